The lowest BCUT2D eigenvalue weighted by molar-refractivity contribution is -0.0947. The molecule has 0 bridgehead atoms. The molecule has 0 radical (unpaired) electrons. The van der Waals surface area contributed by atoms with Gasteiger partial charge in [-0.25, -0.2) is 0 Å². The van der Waals surface area contributed by atoms with E-state index in [0.717, 1.165) is 0 Å². The van der Waals surface area contributed by atoms with Gasteiger partial charge in [0.15, 0.2) is 0 Å². The molecule has 0 fully saturated rings. The average Bonchev–Trinajstić information content (AvgIpc) is 1.84. The van der Waals surface area contributed by atoms with Gasteiger partial charge < -0.3 is 20.4 Å². The molecule has 4 atom stereocenters. The summed E-state index contributed by atoms with van der Waals surface area (Å²) in [7, 11) is 0. The van der Waals surface area contributed by atoms with E-state index in [9.17, 15) is 0 Å². The van der Waals surface area contributed by atoms with Crippen LogP contribution in [0.5, 0.6) is 0 Å². The minimum atomic E-state index is -1.28. The van der Waals surface area contributed by atoms with E-state index in [0.29, 0.717) is 0 Å². The van der Waals surface area contributed by atoms with Gasteiger partial charge in [0.2, 0.25) is 0 Å². The fraction of sp³-hybridized carbons (Fsp3) is 1.00. The molecule has 4 nitrogen and oxygen atoms in total. The van der Waals surface area contributed by atoms with Gasteiger partial charge >= 0.3 is 0 Å². The van der Waals surface area contributed by atoms with Gasteiger partial charge in [0.05, 0.1) is 12.2 Å². The Bertz CT molecular complexity index is 79.7. The Hall–Kier alpha value is -0.160. The molecule has 0 aromatic rings. The Morgan fingerprint density at radius 3 is 1.00 bits per heavy atom. The molecule has 10 heavy (non-hydrogen) atoms. The van der Waals surface area contributed by atoms with Gasteiger partial charge in [-0.2, -0.15) is 0 Å². The Balaban J connectivity index is 3.81. The topological polar surface area (TPSA) is 80.9 Å². The molecule has 0 aliphatic heterocycles. The normalized spacial score (nSPS) is 23.4. The summed E-state index contributed by atoms with van der Waals surface area (Å²) in [5.41, 5.74) is 0. The van der Waals surface area contributed by atoms with Crippen LogP contribution in [0.15, 0.2) is 0 Å². The SMILES string of the molecule is C[C@H](O)[C@@H](O)[C@H](O)[C@H](C)O. The average molecular weight is 150 g/mol. The van der Waals surface area contributed by atoms with Crippen LogP contribution in [-0.4, -0.2) is 44.8 Å². The molecule has 0 saturated heterocycles. The van der Waals surface area contributed by atoms with E-state index >= 15 is 0 Å². The third-order valence-corrected chi connectivity index (χ3v) is 1.34. The van der Waals surface area contributed by atoms with Crippen LogP contribution >= 0.6 is 0 Å². The number of rotatable bonds is 3. The minimum absolute atomic E-state index is 1.02. The highest BCUT2D eigenvalue weighted by molar-refractivity contribution is 4.75. The summed E-state index contributed by atoms with van der Waals surface area (Å²) in [5, 5.41) is 35.2. The van der Waals surface area contributed by atoms with E-state index in [2.05, 4.69) is 0 Å². The summed E-state index contributed by atoms with van der Waals surface area (Å²) in [5.74, 6) is 0. The van der Waals surface area contributed by atoms with E-state index in [4.69, 9.17) is 20.4 Å². The van der Waals surface area contributed by atoms with Crippen molar-refractivity contribution in [2.45, 2.75) is 38.3 Å². The molecule has 0 spiro atoms. The van der Waals surface area contributed by atoms with Crippen LogP contribution < -0.4 is 0 Å². The van der Waals surface area contributed by atoms with Crippen LogP contribution in [0, 0.1) is 0 Å². The van der Waals surface area contributed by atoms with Crippen LogP contribution in [0.4, 0.5) is 0 Å². The number of aliphatic hydroxyl groups excluding tert-OH is 4. The molecule has 0 unspecified atom stereocenters. The fourth-order valence-electron chi connectivity index (χ4n) is 0.571. The van der Waals surface area contributed by atoms with E-state index in [-0.39, 0.29) is 0 Å². The van der Waals surface area contributed by atoms with Crippen molar-refractivity contribution in [2.24, 2.45) is 0 Å². The van der Waals surface area contributed by atoms with Crippen molar-refractivity contribution in [3.63, 3.8) is 0 Å². The van der Waals surface area contributed by atoms with Crippen LogP contribution in [0.2, 0.25) is 0 Å². The Morgan fingerprint density at radius 2 is 0.900 bits per heavy atom. The molecule has 0 aliphatic carbocycles. The largest absolute Gasteiger partial charge is 0.391 e. The van der Waals surface area contributed by atoms with Crippen molar-refractivity contribution >= 4 is 0 Å². The summed E-state index contributed by atoms with van der Waals surface area (Å²) in [4.78, 5) is 0. The molecule has 0 rings (SSSR count). The second kappa shape index (κ2) is 3.88. The standard InChI is InChI=1S/C6H14O4/c1-3(7)5(9)6(10)4(2)8/h3-10H,1-2H3/t3-,4-,5+,6+/m0/s1. The second-order valence-electron chi connectivity index (χ2n) is 2.46. The Morgan fingerprint density at radius 1 is 0.700 bits per heavy atom. The maximum absolute atomic E-state index is 8.91. The summed E-state index contributed by atoms with van der Waals surface area (Å²) < 4.78 is 0. The molecule has 4 heteroatoms. The maximum atomic E-state index is 8.91. The van der Waals surface area contributed by atoms with Crippen molar-refractivity contribution in [1.29, 1.82) is 0 Å². The van der Waals surface area contributed by atoms with Crippen molar-refractivity contribution in [3.8, 4) is 0 Å². The van der Waals surface area contributed by atoms with E-state index in [1.165, 1.54) is 13.8 Å². The highest BCUT2D eigenvalue weighted by Gasteiger charge is 2.24. The lowest BCUT2D eigenvalue weighted by atomic mass is 10.1. The van der Waals surface area contributed by atoms with Gasteiger partial charge in [0.1, 0.15) is 12.2 Å². The van der Waals surface area contributed by atoms with Gasteiger partial charge in [0, 0.05) is 0 Å². The first kappa shape index (κ1) is 9.84. The number of hydrogen-bond donors (Lipinski definition) is 4. The maximum Gasteiger partial charge on any atom is 0.108 e. The van der Waals surface area contributed by atoms with Gasteiger partial charge in [0.25, 0.3) is 0 Å². The van der Waals surface area contributed by atoms with Crippen LogP contribution in [-0.2, 0) is 0 Å². The molecular weight excluding hydrogens is 136 g/mol. The summed E-state index contributed by atoms with van der Waals surface area (Å²) in [6, 6.07) is 0. The monoisotopic (exact) mass is 150 g/mol. The van der Waals surface area contributed by atoms with E-state index in [1.54, 1.807) is 0 Å². The Labute approximate surface area is 59.7 Å². The van der Waals surface area contributed by atoms with Crippen molar-refractivity contribution in [2.75, 3.05) is 0 Å². The third kappa shape index (κ3) is 2.62. The highest BCUT2D eigenvalue weighted by Crippen LogP contribution is 2.03. The van der Waals surface area contributed by atoms with E-state index in [1.807, 2.05) is 0 Å². The van der Waals surface area contributed by atoms with Gasteiger partial charge in [-0.1, -0.05) is 0 Å². The van der Waals surface area contributed by atoms with Crippen molar-refractivity contribution < 1.29 is 20.4 Å². The molecular formula is C6H14O4. The molecule has 0 amide bonds. The van der Waals surface area contributed by atoms with Crippen molar-refractivity contribution in [1.82, 2.24) is 0 Å². The predicted molar refractivity (Wildman–Crippen MR) is 35.4 cm³/mol. The second-order valence-corrected chi connectivity index (χ2v) is 2.46. The molecule has 4 N–H and O–H groups in total. The lowest BCUT2D eigenvalue weighted by Gasteiger charge is -2.21. The zero-order valence-corrected chi connectivity index (χ0v) is 6.10. The molecule has 0 saturated carbocycles. The van der Waals surface area contributed by atoms with Crippen LogP contribution in [0.1, 0.15) is 13.8 Å². The summed E-state index contributed by atoms with van der Waals surface area (Å²) >= 11 is 0. The van der Waals surface area contributed by atoms with Gasteiger partial charge in [-0.05, 0) is 13.8 Å². The molecule has 0 aromatic carbocycles. The van der Waals surface area contributed by atoms with Crippen molar-refractivity contribution in [3.05, 3.63) is 0 Å². The first-order chi connectivity index (χ1) is 4.46. The molecule has 0 heterocycles. The number of aliphatic hydroxyl groups is 4. The molecule has 0 aromatic heterocycles. The van der Waals surface area contributed by atoms with Gasteiger partial charge in [-0.3, -0.25) is 0 Å². The van der Waals surface area contributed by atoms with E-state index < -0.39 is 24.4 Å². The fourth-order valence-corrected chi connectivity index (χ4v) is 0.571. The Kier molecular flexibility index (Phi) is 3.81. The highest BCUT2D eigenvalue weighted by atomic mass is 16.4. The third-order valence-electron chi connectivity index (χ3n) is 1.34. The lowest BCUT2D eigenvalue weighted by Crippen LogP contribution is -2.41. The first-order valence-corrected chi connectivity index (χ1v) is 3.19. The van der Waals surface area contributed by atoms with Crippen LogP contribution in [0.3, 0.4) is 0 Å². The smallest absolute Gasteiger partial charge is 0.108 e. The zero-order valence-electron chi connectivity index (χ0n) is 6.10. The molecule has 0 aliphatic rings. The van der Waals surface area contributed by atoms with Crippen LogP contribution in [0.25, 0.3) is 0 Å². The van der Waals surface area contributed by atoms with Gasteiger partial charge in [-0.15, -0.1) is 0 Å². The summed E-state index contributed by atoms with van der Waals surface area (Å²) in [6.07, 6.45) is -4.60. The quantitative estimate of drug-likeness (QED) is 0.393. The predicted octanol–water partition coefficient (Wildman–Crippen LogP) is -1.53. The number of hydrogen-bond acceptors (Lipinski definition) is 4. The first-order valence-electron chi connectivity index (χ1n) is 3.19. The molecule has 62 valence electrons. The zero-order chi connectivity index (χ0) is 8.31. The minimum Gasteiger partial charge on any atom is -0.391 e. The summed E-state index contributed by atoms with van der Waals surface area (Å²) in [6.45, 7) is 2.69.